The van der Waals surface area contributed by atoms with E-state index in [9.17, 15) is 18.8 Å². The lowest BCUT2D eigenvalue weighted by molar-refractivity contribution is -0.127. The standard InChI is InChI=1S/C26H29FN4O3S/c1-16(2)29-25(34)24(19-7-9-20(27)10-8-19)31(21-15-17(3)5-6-18(21)4)23(33)12-11-22(32)30-26-28-13-14-35-26/h5-10,13-16,24H,11-12H2,1-4H3,(H,29,34)(H,28,30,32)/t24-/m1/s1. The molecule has 9 heteroatoms. The smallest absolute Gasteiger partial charge is 0.248 e. The van der Waals surface area contributed by atoms with Gasteiger partial charge in [-0.15, -0.1) is 11.3 Å². The molecule has 1 heterocycles. The number of aryl methyl sites for hydroxylation is 2. The van der Waals surface area contributed by atoms with Gasteiger partial charge in [-0.2, -0.15) is 0 Å². The van der Waals surface area contributed by atoms with Crippen molar-refractivity contribution >= 4 is 39.9 Å². The van der Waals surface area contributed by atoms with Crippen molar-refractivity contribution in [1.82, 2.24) is 10.3 Å². The Bertz CT molecular complexity index is 1180. The lowest BCUT2D eigenvalue weighted by Gasteiger charge is -2.33. The summed E-state index contributed by atoms with van der Waals surface area (Å²) in [6.07, 6.45) is 1.37. The Hall–Kier alpha value is -3.59. The minimum Gasteiger partial charge on any atom is -0.352 e. The fourth-order valence-corrected chi connectivity index (χ4v) is 4.18. The van der Waals surface area contributed by atoms with Gasteiger partial charge in [-0.05, 0) is 62.6 Å². The number of amides is 3. The molecular formula is C26H29FN4O3S. The van der Waals surface area contributed by atoms with Crippen LogP contribution >= 0.6 is 11.3 Å². The molecule has 1 aromatic heterocycles. The second kappa shape index (κ2) is 11.7. The summed E-state index contributed by atoms with van der Waals surface area (Å²) in [6.45, 7) is 7.40. The van der Waals surface area contributed by atoms with Gasteiger partial charge in [-0.25, -0.2) is 9.37 Å². The molecule has 2 aromatic carbocycles. The molecular weight excluding hydrogens is 467 g/mol. The molecule has 0 aliphatic heterocycles. The van der Waals surface area contributed by atoms with Gasteiger partial charge in [0, 0.05) is 36.1 Å². The summed E-state index contributed by atoms with van der Waals surface area (Å²) >= 11 is 1.28. The van der Waals surface area contributed by atoms with Crippen LogP contribution in [-0.4, -0.2) is 28.7 Å². The van der Waals surface area contributed by atoms with Crippen molar-refractivity contribution < 1.29 is 18.8 Å². The van der Waals surface area contributed by atoms with E-state index in [2.05, 4.69) is 15.6 Å². The van der Waals surface area contributed by atoms with Crippen molar-refractivity contribution in [3.63, 3.8) is 0 Å². The first kappa shape index (κ1) is 26.0. The van der Waals surface area contributed by atoms with E-state index in [1.54, 1.807) is 11.6 Å². The molecule has 3 aromatic rings. The van der Waals surface area contributed by atoms with E-state index in [1.165, 1.54) is 40.5 Å². The van der Waals surface area contributed by atoms with Crippen LogP contribution in [0.2, 0.25) is 0 Å². The number of carbonyl (C=O) groups is 3. The van der Waals surface area contributed by atoms with Gasteiger partial charge in [0.15, 0.2) is 5.13 Å². The molecule has 0 saturated heterocycles. The number of rotatable bonds is 9. The van der Waals surface area contributed by atoms with Gasteiger partial charge < -0.3 is 10.6 Å². The number of aromatic nitrogens is 1. The predicted octanol–water partition coefficient (Wildman–Crippen LogP) is 4.92. The average molecular weight is 497 g/mol. The third-order valence-electron chi connectivity index (χ3n) is 5.26. The highest BCUT2D eigenvalue weighted by Crippen LogP contribution is 2.32. The van der Waals surface area contributed by atoms with Crippen molar-refractivity contribution in [3.05, 3.63) is 76.5 Å². The highest BCUT2D eigenvalue weighted by atomic mass is 32.1. The van der Waals surface area contributed by atoms with E-state index in [0.717, 1.165) is 11.1 Å². The molecule has 0 saturated carbocycles. The molecule has 2 N–H and O–H groups in total. The van der Waals surface area contributed by atoms with E-state index in [0.29, 0.717) is 16.4 Å². The van der Waals surface area contributed by atoms with E-state index in [-0.39, 0.29) is 24.8 Å². The van der Waals surface area contributed by atoms with Crippen LogP contribution in [0.1, 0.15) is 49.4 Å². The van der Waals surface area contributed by atoms with Gasteiger partial charge in [0.05, 0.1) is 0 Å². The summed E-state index contributed by atoms with van der Waals surface area (Å²) in [7, 11) is 0. The Labute approximate surface area is 208 Å². The summed E-state index contributed by atoms with van der Waals surface area (Å²) in [5, 5.41) is 7.74. The molecule has 3 amide bonds. The summed E-state index contributed by atoms with van der Waals surface area (Å²) in [4.78, 5) is 44.9. The van der Waals surface area contributed by atoms with Crippen LogP contribution in [0, 0.1) is 19.7 Å². The van der Waals surface area contributed by atoms with Gasteiger partial charge in [-0.3, -0.25) is 19.3 Å². The molecule has 184 valence electrons. The van der Waals surface area contributed by atoms with E-state index in [4.69, 9.17) is 0 Å². The van der Waals surface area contributed by atoms with Crippen LogP contribution < -0.4 is 15.5 Å². The lowest BCUT2D eigenvalue weighted by Crippen LogP contribution is -2.46. The summed E-state index contributed by atoms with van der Waals surface area (Å²) < 4.78 is 13.7. The van der Waals surface area contributed by atoms with Crippen molar-refractivity contribution in [3.8, 4) is 0 Å². The molecule has 0 aliphatic rings. The molecule has 0 spiro atoms. The monoisotopic (exact) mass is 496 g/mol. The van der Waals surface area contributed by atoms with Gasteiger partial charge in [-0.1, -0.05) is 24.3 Å². The SMILES string of the molecule is Cc1ccc(C)c(N(C(=O)CCC(=O)Nc2nccs2)[C@@H](C(=O)NC(C)C)c2ccc(F)cc2)c1. The van der Waals surface area contributed by atoms with Crippen LogP contribution in [0.5, 0.6) is 0 Å². The molecule has 0 fully saturated rings. The van der Waals surface area contributed by atoms with Gasteiger partial charge in [0.25, 0.3) is 0 Å². The van der Waals surface area contributed by atoms with E-state index in [1.807, 2.05) is 45.9 Å². The Kier molecular flexibility index (Phi) is 8.70. The molecule has 0 bridgehead atoms. The maximum atomic E-state index is 13.7. The minimum atomic E-state index is -1.05. The summed E-state index contributed by atoms with van der Waals surface area (Å²) in [6, 6.07) is 9.93. The Morgan fingerprint density at radius 2 is 1.77 bits per heavy atom. The zero-order chi connectivity index (χ0) is 25.5. The maximum Gasteiger partial charge on any atom is 0.248 e. The fourth-order valence-electron chi connectivity index (χ4n) is 3.63. The third-order valence-corrected chi connectivity index (χ3v) is 5.95. The zero-order valence-corrected chi connectivity index (χ0v) is 21.0. The quantitative estimate of drug-likeness (QED) is 0.440. The Morgan fingerprint density at radius 1 is 1.06 bits per heavy atom. The number of carbonyl (C=O) groups excluding carboxylic acids is 3. The van der Waals surface area contributed by atoms with Gasteiger partial charge >= 0.3 is 0 Å². The third kappa shape index (κ3) is 6.95. The first-order chi connectivity index (χ1) is 16.7. The predicted molar refractivity (Wildman–Crippen MR) is 136 cm³/mol. The molecule has 0 unspecified atom stereocenters. The number of hydrogen-bond acceptors (Lipinski definition) is 5. The molecule has 1 atom stereocenters. The Balaban J connectivity index is 1.99. The molecule has 3 rings (SSSR count). The summed E-state index contributed by atoms with van der Waals surface area (Å²) in [5.74, 6) is -1.59. The molecule has 7 nitrogen and oxygen atoms in total. The molecule has 35 heavy (non-hydrogen) atoms. The first-order valence-electron chi connectivity index (χ1n) is 11.3. The topological polar surface area (TPSA) is 91.4 Å². The molecule has 0 aliphatic carbocycles. The minimum absolute atomic E-state index is 0.0816. The van der Waals surface area contributed by atoms with Gasteiger partial charge in [0.2, 0.25) is 17.7 Å². The van der Waals surface area contributed by atoms with Gasteiger partial charge in [0.1, 0.15) is 11.9 Å². The Morgan fingerprint density at radius 3 is 2.40 bits per heavy atom. The second-order valence-corrected chi connectivity index (χ2v) is 9.45. The van der Waals surface area contributed by atoms with Crippen LogP contribution in [0.4, 0.5) is 15.2 Å². The van der Waals surface area contributed by atoms with Crippen LogP contribution in [-0.2, 0) is 14.4 Å². The number of hydrogen-bond donors (Lipinski definition) is 2. The number of anilines is 2. The number of nitrogens with zero attached hydrogens (tertiary/aromatic N) is 2. The second-order valence-electron chi connectivity index (χ2n) is 8.56. The maximum absolute atomic E-state index is 13.7. The van der Waals surface area contributed by atoms with Crippen molar-refractivity contribution in [1.29, 1.82) is 0 Å². The highest BCUT2D eigenvalue weighted by molar-refractivity contribution is 7.13. The van der Waals surface area contributed by atoms with Crippen molar-refractivity contribution in [2.75, 3.05) is 10.2 Å². The summed E-state index contributed by atoms with van der Waals surface area (Å²) in [5.41, 5.74) is 2.72. The number of halogens is 1. The number of nitrogens with one attached hydrogen (secondary N) is 2. The van der Waals surface area contributed by atoms with Crippen LogP contribution in [0.3, 0.4) is 0 Å². The fraction of sp³-hybridized carbons (Fsp3) is 0.308. The van der Waals surface area contributed by atoms with Crippen molar-refractivity contribution in [2.45, 2.75) is 52.6 Å². The largest absolute Gasteiger partial charge is 0.352 e. The average Bonchev–Trinajstić information content (AvgIpc) is 3.31. The molecule has 0 radical (unpaired) electrons. The van der Waals surface area contributed by atoms with Crippen LogP contribution in [0.15, 0.2) is 54.0 Å². The normalized spacial score (nSPS) is 11.7. The number of benzene rings is 2. The van der Waals surface area contributed by atoms with E-state index < -0.39 is 23.7 Å². The highest BCUT2D eigenvalue weighted by Gasteiger charge is 2.34. The first-order valence-corrected chi connectivity index (χ1v) is 12.2. The zero-order valence-electron chi connectivity index (χ0n) is 20.2. The lowest BCUT2D eigenvalue weighted by atomic mass is 10.00. The van der Waals surface area contributed by atoms with Crippen LogP contribution in [0.25, 0.3) is 0 Å². The number of thiazole rings is 1. The van der Waals surface area contributed by atoms with E-state index >= 15 is 0 Å². The van der Waals surface area contributed by atoms with Crippen molar-refractivity contribution in [2.24, 2.45) is 0 Å².